The summed E-state index contributed by atoms with van der Waals surface area (Å²) in [5.74, 6) is 3.35. The second kappa shape index (κ2) is 12.0. The molecule has 0 spiro atoms. The normalized spacial score (nSPS) is 11.7. The van der Waals surface area contributed by atoms with Crippen LogP contribution in [0.25, 0.3) is 22.5 Å². The maximum absolute atomic E-state index is 6.44. The quantitative estimate of drug-likeness (QED) is 0.146. The molecule has 0 saturated heterocycles. The van der Waals surface area contributed by atoms with Crippen LogP contribution in [0.3, 0.4) is 0 Å². The van der Waals surface area contributed by atoms with Crippen molar-refractivity contribution in [2.24, 2.45) is 0 Å². The van der Waals surface area contributed by atoms with Crippen LogP contribution in [0.5, 0.6) is 23.0 Å². The molecule has 0 amide bonds. The first-order valence-corrected chi connectivity index (χ1v) is 14.0. The number of pyridine rings is 2. The van der Waals surface area contributed by atoms with E-state index in [9.17, 15) is 0 Å². The molecule has 2 aromatic heterocycles. The number of hydrogen-bond donors (Lipinski definition) is 0. The van der Waals surface area contributed by atoms with Gasteiger partial charge in [0.1, 0.15) is 11.5 Å². The van der Waals surface area contributed by atoms with Gasteiger partial charge in [-0.1, -0.05) is 71.2 Å². The Hall–Kier alpha value is -4.51. The number of nitrogens with zero attached hydrogens (tertiary/aromatic N) is 2. The van der Waals surface area contributed by atoms with E-state index in [1.807, 2.05) is 80.0 Å². The fourth-order valence-corrected chi connectivity index (χ4v) is 5.45. The minimum atomic E-state index is 0. The van der Waals surface area contributed by atoms with Crippen molar-refractivity contribution in [2.45, 2.75) is 20.8 Å². The first kappa shape index (κ1) is 28.6. The number of ether oxygens (including phenoxy) is 2. The summed E-state index contributed by atoms with van der Waals surface area (Å²) in [6.07, 6.45) is 3.78. The summed E-state index contributed by atoms with van der Waals surface area (Å²) >= 11 is 0. The summed E-state index contributed by atoms with van der Waals surface area (Å²) in [6, 6.07) is 38.9. The summed E-state index contributed by atoms with van der Waals surface area (Å²) in [5, 5.41) is 0. The Morgan fingerprint density at radius 1 is 0.651 bits per heavy atom. The Bertz CT molecular complexity index is 1920. The predicted molar refractivity (Wildman–Crippen MR) is 169 cm³/mol. The van der Waals surface area contributed by atoms with Gasteiger partial charge in [-0.25, -0.2) is 0 Å². The molecule has 0 fully saturated rings. The van der Waals surface area contributed by atoms with Crippen molar-refractivity contribution >= 4 is 23.1 Å². The molecule has 2 aliphatic heterocycles. The molecular weight excluding hydrogens is 707 g/mol. The van der Waals surface area contributed by atoms with E-state index in [1.54, 1.807) is 0 Å². The molecule has 0 unspecified atom stereocenters. The molecule has 1 radical (unpaired) electrons. The number of aryl methyl sites for hydroxylation is 3. The Morgan fingerprint density at radius 2 is 1.35 bits per heavy atom. The van der Waals surface area contributed by atoms with Gasteiger partial charge in [0, 0.05) is 44.0 Å². The Morgan fingerprint density at radius 3 is 2.02 bits per heavy atom. The van der Waals surface area contributed by atoms with Gasteiger partial charge in [-0.3, -0.25) is 0 Å². The molecule has 0 atom stereocenters. The van der Waals surface area contributed by atoms with Crippen LogP contribution in [0.2, 0.25) is 0 Å². The number of fused-ring (bicyclic) bond motifs is 4. The molecule has 0 N–H and O–H groups in total. The smallest absolute Gasteiger partial charge is 0.239 e. The van der Waals surface area contributed by atoms with Crippen molar-refractivity contribution in [1.29, 1.82) is 0 Å². The van der Waals surface area contributed by atoms with Crippen molar-refractivity contribution in [1.82, 2.24) is 9.97 Å². The van der Waals surface area contributed by atoms with Gasteiger partial charge < -0.3 is 19.4 Å². The Kier molecular flexibility index (Phi) is 7.99. The second-order valence-electron chi connectivity index (χ2n) is 10.6. The maximum atomic E-state index is 6.44. The first-order chi connectivity index (χ1) is 20.6. The zero-order valence-electron chi connectivity index (χ0n) is 24.0. The van der Waals surface area contributed by atoms with Gasteiger partial charge in [0.15, 0.2) is 0 Å². The summed E-state index contributed by atoms with van der Waals surface area (Å²) in [5.41, 5.74) is 10.7. The van der Waals surface area contributed by atoms with Crippen molar-refractivity contribution in [2.75, 3.05) is 0 Å². The average Bonchev–Trinajstić information content (AvgIpc) is 3.03. The molecule has 2 aliphatic rings. The Labute approximate surface area is 266 Å². The monoisotopic (exact) mass is 735 g/mol. The van der Waals surface area contributed by atoms with Gasteiger partial charge in [0.05, 0.1) is 0 Å². The Balaban J connectivity index is 0.000000199. The zero-order valence-corrected chi connectivity index (χ0v) is 26.4. The summed E-state index contributed by atoms with van der Waals surface area (Å²) < 4.78 is 12.7. The second-order valence-corrected chi connectivity index (χ2v) is 10.6. The van der Waals surface area contributed by atoms with E-state index in [4.69, 9.17) is 9.47 Å². The van der Waals surface area contributed by atoms with Crippen LogP contribution in [-0.4, -0.2) is 16.7 Å². The fourth-order valence-electron chi connectivity index (χ4n) is 5.45. The fraction of sp³-hybridized carbons (Fsp3) is 0.0811. The van der Waals surface area contributed by atoms with Crippen LogP contribution in [0, 0.1) is 32.9 Å². The van der Waals surface area contributed by atoms with Crippen LogP contribution in [0.15, 0.2) is 109 Å². The number of para-hydroxylation sites is 2. The number of aromatic nitrogens is 2. The molecule has 4 nitrogen and oxygen atoms in total. The van der Waals surface area contributed by atoms with E-state index >= 15 is 0 Å². The topological polar surface area (TPSA) is 44.2 Å². The van der Waals surface area contributed by atoms with Gasteiger partial charge in [-0.05, 0) is 66.3 Å². The zero-order chi connectivity index (χ0) is 28.6. The predicted octanol–water partition coefficient (Wildman–Crippen LogP) is 6.75. The third kappa shape index (κ3) is 5.40. The molecule has 8 rings (SSSR count). The van der Waals surface area contributed by atoms with Crippen LogP contribution < -0.4 is 25.9 Å². The van der Waals surface area contributed by atoms with Crippen molar-refractivity contribution < 1.29 is 29.6 Å². The van der Waals surface area contributed by atoms with Crippen molar-refractivity contribution in [3.05, 3.63) is 138 Å². The minimum Gasteiger partial charge on any atom is -0.503 e. The number of benzene rings is 4. The molecule has 4 aromatic carbocycles. The van der Waals surface area contributed by atoms with E-state index in [0.717, 1.165) is 61.9 Å². The molecule has 6 heteroatoms. The van der Waals surface area contributed by atoms with E-state index < -0.39 is 0 Å². The van der Waals surface area contributed by atoms with Crippen molar-refractivity contribution in [3.8, 4) is 45.5 Å². The molecule has 0 bridgehead atoms. The summed E-state index contributed by atoms with van der Waals surface area (Å²) in [4.78, 5) is 8.98. The van der Waals surface area contributed by atoms with Crippen LogP contribution in [0.1, 0.15) is 16.7 Å². The van der Waals surface area contributed by atoms with Crippen molar-refractivity contribution in [3.63, 3.8) is 0 Å². The third-order valence-electron chi connectivity index (χ3n) is 7.79. The molecule has 6 aromatic rings. The van der Waals surface area contributed by atoms with Gasteiger partial charge in [0.25, 0.3) is 0 Å². The van der Waals surface area contributed by atoms with Gasteiger partial charge >= 0.3 is 0 Å². The van der Waals surface area contributed by atoms with Gasteiger partial charge in [-0.2, -0.15) is 0 Å². The van der Waals surface area contributed by atoms with Crippen LogP contribution in [-0.2, 0) is 20.1 Å². The maximum Gasteiger partial charge on any atom is 0.239 e. The molecule has 0 saturated carbocycles. The molecular formula is C37H27BIrN2O2-2. The average molecular weight is 735 g/mol. The summed E-state index contributed by atoms with van der Waals surface area (Å²) in [6.45, 7) is 6.27. The molecule has 0 aliphatic carbocycles. The SMILES string of the molecule is Cc1ccc(-c2[c-]cccc2)nc1.Cc1cnc(-c2[c-]cc3c4c2Oc2ccccc2B4c2ccccc2O3)cc1C.[Ir]. The standard InChI is InChI=1S/C25H17BNO2.C12H10N.Ir/c1-15-13-20(27-14-16(15)2)17-11-12-23-24-25(17)29-22-10-6-4-8-19(22)26(24)18-7-3-5-9-21(18)28-23;1-10-7-8-12(13-9-10)11-5-3-2-4-6-11;/h3-10,12-14H,1-2H3;2-5,7-9H,1H3;/q2*-1;. The molecule has 4 heterocycles. The minimum absolute atomic E-state index is 0. The summed E-state index contributed by atoms with van der Waals surface area (Å²) in [7, 11) is 0. The van der Waals surface area contributed by atoms with Crippen LogP contribution in [0.4, 0.5) is 0 Å². The van der Waals surface area contributed by atoms with E-state index in [1.165, 1.54) is 16.7 Å². The van der Waals surface area contributed by atoms with Gasteiger partial charge in [0.2, 0.25) is 6.71 Å². The number of rotatable bonds is 2. The van der Waals surface area contributed by atoms with E-state index in [-0.39, 0.29) is 26.8 Å². The first-order valence-electron chi connectivity index (χ1n) is 14.0. The number of hydrogen-bond acceptors (Lipinski definition) is 4. The third-order valence-corrected chi connectivity index (χ3v) is 7.79. The largest absolute Gasteiger partial charge is 0.503 e. The molecule has 43 heavy (non-hydrogen) atoms. The van der Waals surface area contributed by atoms with E-state index in [0.29, 0.717) is 0 Å². The van der Waals surface area contributed by atoms with Crippen LogP contribution >= 0.6 is 0 Å². The van der Waals surface area contributed by atoms with E-state index in [2.05, 4.69) is 72.3 Å². The molecule has 211 valence electrons. The van der Waals surface area contributed by atoms with Gasteiger partial charge in [-0.15, -0.1) is 48.0 Å².